The van der Waals surface area contributed by atoms with Crippen LogP contribution in [0.3, 0.4) is 0 Å². The van der Waals surface area contributed by atoms with Crippen LogP contribution in [0.25, 0.3) is 0 Å². The van der Waals surface area contributed by atoms with E-state index in [-0.39, 0.29) is 44.0 Å². The highest BCUT2D eigenvalue weighted by Crippen LogP contribution is 2.12. The smallest absolute Gasteiger partial charge is 0.306 e. The maximum atomic E-state index is 12.7. The van der Waals surface area contributed by atoms with E-state index in [9.17, 15) is 14.4 Å². The molecule has 0 bridgehead atoms. The third-order valence-electron chi connectivity index (χ3n) is 9.96. The molecule has 354 valence electrons. The van der Waals surface area contributed by atoms with E-state index in [0.29, 0.717) is 12.8 Å². The molecular weight excluding hydrogens is 781 g/mol. The molecule has 0 aliphatic carbocycles. The third kappa shape index (κ3) is 48.7. The van der Waals surface area contributed by atoms with E-state index >= 15 is 0 Å². The Balaban J connectivity index is 4.46. The Bertz CT molecular complexity index is 1370. The molecule has 6 nitrogen and oxygen atoms in total. The van der Waals surface area contributed by atoms with Gasteiger partial charge in [-0.05, 0) is 103 Å². The van der Waals surface area contributed by atoms with Crippen molar-refractivity contribution in [1.29, 1.82) is 0 Å². The largest absolute Gasteiger partial charge is 0.462 e. The zero-order chi connectivity index (χ0) is 45.8. The first-order chi connectivity index (χ1) is 31.0. The van der Waals surface area contributed by atoms with Crippen molar-refractivity contribution in [2.24, 2.45) is 0 Å². The lowest BCUT2D eigenvalue weighted by molar-refractivity contribution is -0.167. The van der Waals surface area contributed by atoms with Crippen LogP contribution in [-0.2, 0) is 28.6 Å². The maximum Gasteiger partial charge on any atom is 0.306 e. The number of allylic oxidation sites excluding steroid dienone is 20. The number of unbranched alkanes of at least 4 members (excludes halogenated alkanes) is 12. The quantitative estimate of drug-likeness (QED) is 0.0263. The number of hydrogen-bond donors (Lipinski definition) is 0. The van der Waals surface area contributed by atoms with Gasteiger partial charge in [-0.25, -0.2) is 0 Å². The van der Waals surface area contributed by atoms with Gasteiger partial charge in [0.25, 0.3) is 0 Å². The molecular formula is C57H90O6. The van der Waals surface area contributed by atoms with Gasteiger partial charge in [0.15, 0.2) is 6.10 Å². The fraction of sp³-hybridized carbons (Fsp3) is 0.596. The Kier molecular flexibility index (Phi) is 47.1. The summed E-state index contributed by atoms with van der Waals surface area (Å²) in [5.41, 5.74) is 0. The van der Waals surface area contributed by atoms with Gasteiger partial charge in [-0.2, -0.15) is 0 Å². The fourth-order valence-corrected chi connectivity index (χ4v) is 6.27. The minimum atomic E-state index is -0.816. The van der Waals surface area contributed by atoms with Gasteiger partial charge in [0.05, 0.1) is 0 Å². The summed E-state index contributed by atoms with van der Waals surface area (Å²) in [5.74, 6) is -1.02. The highest BCUT2D eigenvalue weighted by atomic mass is 16.6. The molecule has 0 spiro atoms. The summed E-state index contributed by atoms with van der Waals surface area (Å²) in [5, 5.41) is 0. The van der Waals surface area contributed by atoms with Gasteiger partial charge in [0.1, 0.15) is 13.2 Å². The van der Waals surface area contributed by atoms with Gasteiger partial charge in [0, 0.05) is 19.3 Å². The van der Waals surface area contributed by atoms with E-state index in [4.69, 9.17) is 14.2 Å². The van der Waals surface area contributed by atoms with E-state index in [0.717, 1.165) is 116 Å². The molecule has 0 amide bonds. The predicted molar refractivity (Wildman–Crippen MR) is 269 cm³/mol. The van der Waals surface area contributed by atoms with Crippen LogP contribution in [0.15, 0.2) is 122 Å². The Morgan fingerprint density at radius 1 is 0.333 bits per heavy atom. The molecule has 0 aromatic carbocycles. The first-order valence-electron chi connectivity index (χ1n) is 25.0. The third-order valence-corrected chi connectivity index (χ3v) is 9.96. The van der Waals surface area contributed by atoms with Crippen molar-refractivity contribution in [2.45, 2.75) is 207 Å². The molecule has 1 atom stereocenters. The number of carbonyl (C=O) groups excluding carboxylic acids is 3. The van der Waals surface area contributed by atoms with Crippen LogP contribution < -0.4 is 0 Å². The van der Waals surface area contributed by atoms with Crippen LogP contribution in [0.4, 0.5) is 0 Å². The Morgan fingerprint density at radius 2 is 0.635 bits per heavy atom. The SMILES string of the molecule is CC/C=C\C/C=C\C/C=C\C/C=C\C/C=C\C/C=C\C/C=C\CCCC(=O)OCC(COC(=O)CCCCCCCCCCC)OC(=O)CCCCC/C=C\C/C=C\C/C=C\CC. The summed E-state index contributed by atoms with van der Waals surface area (Å²) < 4.78 is 16.7. The topological polar surface area (TPSA) is 78.9 Å². The molecule has 0 radical (unpaired) electrons. The summed E-state index contributed by atoms with van der Waals surface area (Å²) >= 11 is 0. The van der Waals surface area contributed by atoms with E-state index in [2.05, 4.69) is 142 Å². The van der Waals surface area contributed by atoms with Crippen molar-refractivity contribution in [1.82, 2.24) is 0 Å². The van der Waals surface area contributed by atoms with E-state index in [1.165, 1.54) is 38.5 Å². The molecule has 0 aliphatic rings. The summed E-state index contributed by atoms with van der Waals surface area (Å²) in [6.07, 6.45) is 69.1. The minimum absolute atomic E-state index is 0.110. The van der Waals surface area contributed by atoms with E-state index < -0.39 is 6.10 Å². The number of carbonyl (C=O) groups is 3. The molecule has 0 aromatic heterocycles. The van der Waals surface area contributed by atoms with Crippen molar-refractivity contribution in [2.75, 3.05) is 13.2 Å². The van der Waals surface area contributed by atoms with E-state index in [1.807, 2.05) is 0 Å². The van der Waals surface area contributed by atoms with Gasteiger partial charge < -0.3 is 14.2 Å². The average molecular weight is 871 g/mol. The number of esters is 3. The molecule has 63 heavy (non-hydrogen) atoms. The fourth-order valence-electron chi connectivity index (χ4n) is 6.27. The van der Waals surface area contributed by atoms with Gasteiger partial charge >= 0.3 is 17.9 Å². The highest BCUT2D eigenvalue weighted by Gasteiger charge is 2.19. The normalized spacial score (nSPS) is 13.1. The lowest BCUT2D eigenvalue weighted by atomic mass is 10.1. The second kappa shape index (κ2) is 50.5. The van der Waals surface area contributed by atoms with Crippen LogP contribution in [-0.4, -0.2) is 37.2 Å². The van der Waals surface area contributed by atoms with Crippen molar-refractivity contribution in [3.63, 3.8) is 0 Å². The van der Waals surface area contributed by atoms with Crippen LogP contribution in [0, 0.1) is 0 Å². The standard InChI is InChI=1S/C57H90O6/c1-4-7-10-13-16-19-21-23-24-25-26-27-28-29-30-31-32-34-35-38-41-44-47-50-56(59)62-53-54(52-61-55(58)49-46-43-40-37-18-15-12-9-6-3)63-57(60)51-48-45-42-39-36-33-22-20-17-14-11-8-5-2/h7-8,10-11,16-17,19-20,23-24,26-27,29-30,32-34,36,38,41,54H,4-6,9,12-15,18,21-22,25,28,31,35,37,39-40,42-53H2,1-3H3/b10-7-,11-8-,19-16-,20-17-,24-23-,27-26-,30-29-,34-32-,36-33-,41-38-. The molecule has 0 aromatic rings. The molecule has 0 heterocycles. The summed E-state index contributed by atoms with van der Waals surface area (Å²) in [6.45, 7) is 6.29. The monoisotopic (exact) mass is 871 g/mol. The second-order valence-electron chi connectivity index (χ2n) is 16.0. The Morgan fingerprint density at radius 3 is 1.03 bits per heavy atom. The van der Waals surface area contributed by atoms with Gasteiger partial charge in [-0.3, -0.25) is 14.4 Å². The second-order valence-corrected chi connectivity index (χ2v) is 16.0. The molecule has 6 heteroatoms. The molecule has 0 fully saturated rings. The highest BCUT2D eigenvalue weighted by molar-refractivity contribution is 5.71. The van der Waals surface area contributed by atoms with Crippen LogP contribution in [0.2, 0.25) is 0 Å². The molecule has 0 saturated heterocycles. The zero-order valence-corrected chi connectivity index (χ0v) is 40.3. The van der Waals surface area contributed by atoms with Crippen molar-refractivity contribution in [3.8, 4) is 0 Å². The maximum absolute atomic E-state index is 12.7. The van der Waals surface area contributed by atoms with Crippen molar-refractivity contribution < 1.29 is 28.6 Å². The van der Waals surface area contributed by atoms with Gasteiger partial charge in [0.2, 0.25) is 0 Å². The molecule has 0 aliphatic heterocycles. The molecule has 0 saturated carbocycles. The summed E-state index contributed by atoms with van der Waals surface area (Å²) in [6, 6.07) is 0. The predicted octanol–water partition coefficient (Wildman–Crippen LogP) is 16.5. The molecule has 0 rings (SSSR count). The number of hydrogen-bond acceptors (Lipinski definition) is 6. The van der Waals surface area contributed by atoms with Gasteiger partial charge in [-0.1, -0.05) is 200 Å². The lowest BCUT2D eigenvalue weighted by Gasteiger charge is -2.18. The van der Waals surface area contributed by atoms with Gasteiger partial charge in [-0.15, -0.1) is 0 Å². The lowest BCUT2D eigenvalue weighted by Crippen LogP contribution is -2.30. The van der Waals surface area contributed by atoms with Crippen molar-refractivity contribution >= 4 is 17.9 Å². The summed E-state index contributed by atoms with van der Waals surface area (Å²) in [7, 11) is 0. The Labute approximate surface area is 386 Å². The molecule has 0 N–H and O–H groups in total. The van der Waals surface area contributed by atoms with Crippen LogP contribution in [0.1, 0.15) is 201 Å². The van der Waals surface area contributed by atoms with Crippen molar-refractivity contribution in [3.05, 3.63) is 122 Å². The number of ether oxygens (including phenoxy) is 3. The Hall–Kier alpha value is -4.19. The average Bonchev–Trinajstić information content (AvgIpc) is 3.28. The first kappa shape index (κ1) is 58.8. The number of rotatable bonds is 43. The van der Waals surface area contributed by atoms with Crippen LogP contribution >= 0.6 is 0 Å². The minimum Gasteiger partial charge on any atom is -0.462 e. The van der Waals surface area contributed by atoms with Crippen LogP contribution in [0.5, 0.6) is 0 Å². The molecule has 1 unspecified atom stereocenters. The summed E-state index contributed by atoms with van der Waals surface area (Å²) in [4.78, 5) is 37.8. The first-order valence-corrected chi connectivity index (χ1v) is 25.0. The van der Waals surface area contributed by atoms with E-state index in [1.54, 1.807) is 0 Å². The zero-order valence-electron chi connectivity index (χ0n) is 40.3.